The van der Waals surface area contributed by atoms with E-state index in [9.17, 15) is 10.1 Å². The monoisotopic (exact) mass is 282 g/mol. The standard InChI is InChI=1S/C18H22N2O/c1-12(16-10-13-7-8-15(16)9-13)20-18(21)17(11-19)14-5-3-2-4-6-14/h2-6,12-13,15-17H,7-10H2,1H3,(H,20,21). The third kappa shape index (κ3) is 2.81. The lowest BCUT2D eigenvalue weighted by Gasteiger charge is -2.29. The van der Waals surface area contributed by atoms with Crippen LogP contribution in [0.2, 0.25) is 0 Å². The van der Waals surface area contributed by atoms with Crippen LogP contribution in [-0.4, -0.2) is 11.9 Å². The summed E-state index contributed by atoms with van der Waals surface area (Å²) in [7, 11) is 0. The molecule has 1 amide bonds. The predicted octanol–water partition coefficient (Wildman–Crippen LogP) is 3.23. The van der Waals surface area contributed by atoms with E-state index in [0.29, 0.717) is 5.92 Å². The molecular weight excluding hydrogens is 260 g/mol. The van der Waals surface area contributed by atoms with Crippen molar-refractivity contribution in [1.82, 2.24) is 5.32 Å². The summed E-state index contributed by atoms with van der Waals surface area (Å²) in [6.45, 7) is 2.10. The van der Waals surface area contributed by atoms with Gasteiger partial charge in [-0.1, -0.05) is 36.8 Å². The highest BCUT2D eigenvalue weighted by molar-refractivity contribution is 5.86. The molecule has 3 heteroatoms. The van der Waals surface area contributed by atoms with Gasteiger partial charge in [-0.25, -0.2) is 0 Å². The average molecular weight is 282 g/mol. The van der Waals surface area contributed by atoms with E-state index in [2.05, 4.69) is 18.3 Å². The van der Waals surface area contributed by atoms with Gasteiger partial charge in [0.15, 0.2) is 0 Å². The van der Waals surface area contributed by atoms with Crippen LogP contribution in [0.4, 0.5) is 0 Å². The zero-order valence-electron chi connectivity index (χ0n) is 12.5. The number of carbonyl (C=O) groups is 1. The molecule has 0 spiro atoms. The Hall–Kier alpha value is -1.82. The van der Waals surface area contributed by atoms with Gasteiger partial charge in [0.05, 0.1) is 6.07 Å². The van der Waals surface area contributed by atoms with E-state index in [0.717, 1.165) is 17.4 Å². The van der Waals surface area contributed by atoms with Crippen molar-refractivity contribution in [1.29, 1.82) is 5.26 Å². The molecule has 1 aromatic rings. The SMILES string of the molecule is CC(NC(=O)C(C#N)c1ccccc1)C1CC2CCC1C2. The summed E-state index contributed by atoms with van der Waals surface area (Å²) in [6, 6.07) is 11.6. The van der Waals surface area contributed by atoms with E-state index in [1.165, 1.54) is 25.7 Å². The Balaban J connectivity index is 1.64. The normalized spacial score (nSPS) is 29.6. The molecule has 2 aliphatic carbocycles. The number of nitrogens with zero attached hydrogens (tertiary/aromatic N) is 1. The molecular formula is C18H22N2O. The van der Waals surface area contributed by atoms with Crippen molar-refractivity contribution in [2.45, 2.75) is 44.6 Å². The lowest BCUT2D eigenvalue weighted by atomic mass is 9.83. The Bertz CT molecular complexity index is 548. The van der Waals surface area contributed by atoms with Crippen molar-refractivity contribution < 1.29 is 4.79 Å². The molecule has 5 unspecified atom stereocenters. The van der Waals surface area contributed by atoms with Gasteiger partial charge in [-0.3, -0.25) is 4.79 Å². The minimum atomic E-state index is -0.702. The number of benzene rings is 1. The van der Waals surface area contributed by atoms with Crippen LogP contribution < -0.4 is 5.32 Å². The first-order chi connectivity index (χ1) is 10.2. The van der Waals surface area contributed by atoms with Gasteiger partial charge < -0.3 is 5.32 Å². The van der Waals surface area contributed by atoms with Crippen molar-refractivity contribution in [3.8, 4) is 6.07 Å². The fourth-order valence-electron chi connectivity index (χ4n) is 4.25. The van der Waals surface area contributed by atoms with E-state index >= 15 is 0 Å². The number of hydrogen-bond donors (Lipinski definition) is 1. The fourth-order valence-corrected chi connectivity index (χ4v) is 4.25. The molecule has 21 heavy (non-hydrogen) atoms. The van der Waals surface area contributed by atoms with Gasteiger partial charge in [0.1, 0.15) is 5.92 Å². The third-order valence-electron chi connectivity index (χ3n) is 5.33. The smallest absolute Gasteiger partial charge is 0.242 e. The highest BCUT2D eigenvalue weighted by Gasteiger charge is 2.42. The largest absolute Gasteiger partial charge is 0.352 e. The number of rotatable bonds is 4. The van der Waals surface area contributed by atoms with Gasteiger partial charge in [0, 0.05) is 6.04 Å². The number of nitrogens with one attached hydrogen (secondary N) is 1. The molecule has 0 aliphatic heterocycles. The Labute approximate surface area is 126 Å². The summed E-state index contributed by atoms with van der Waals surface area (Å²) in [6.07, 6.45) is 5.27. The molecule has 0 radical (unpaired) electrons. The molecule has 0 aromatic heterocycles. The Kier molecular flexibility index (Phi) is 3.96. The van der Waals surface area contributed by atoms with E-state index in [4.69, 9.17) is 0 Å². The van der Waals surface area contributed by atoms with Crippen molar-refractivity contribution in [3.63, 3.8) is 0 Å². The van der Waals surface area contributed by atoms with Gasteiger partial charge in [-0.15, -0.1) is 0 Å². The maximum absolute atomic E-state index is 12.4. The van der Waals surface area contributed by atoms with Crippen LogP contribution in [-0.2, 0) is 4.79 Å². The maximum Gasteiger partial charge on any atom is 0.242 e. The van der Waals surface area contributed by atoms with Crippen molar-refractivity contribution in [2.75, 3.05) is 0 Å². The van der Waals surface area contributed by atoms with Crippen LogP contribution in [0.15, 0.2) is 30.3 Å². The summed E-state index contributed by atoms with van der Waals surface area (Å²) >= 11 is 0. The molecule has 2 fully saturated rings. The summed E-state index contributed by atoms with van der Waals surface area (Å²) in [5.41, 5.74) is 0.776. The first kappa shape index (κ1) is 14.1. The second-order valence-electron chi connectivity index (χ2n) is 6.61. The molecule has 3 rings (SSSR count). The van der Waals surface area contributed by atoms with Crippen molar-refractivity contribution in [3.05, 3.63) is 35.9 Å². The Morgan fingerprint density at radius 3 is 2.62 bits per heavy atom. The second kappa shape index (κ2) is 5.89. The quantitative estimate of drug-likeness (QED) is 0.921. The van der Waals surface area contributed by atoms with E-state index in [1.54, 1.807) is 0 Å². The van der Waals surface area contributed by atoms with E-state index < -0.39 is 5.92 Å². The first-order valence-electron chi connectivity index (χ1n) is 7.94. The molecule has 1 N–H and O–H groups in total. The first-order valence-corrected chi connectivity index (χ1v) is 7.94. The van der Waals surface area contributed by atoms with Gasteiger partial charge >= 0.3 is 0 Å². The van der Waals surface area contributed by atoms with Crippen LogP contribution in [0.1, 0.15) is 44.1 Å². The fraction of sp³-hybridized carbons (Fsp3) is 0.556. The van der Waals surface area contributed by atoms with Crippen molar-refractivity contribution in [2.24, 2.45) is 17.8 Å². The summed E-state index contributed by atoms with van der Waals surface area (Å²) in [5, 5.41) is 12.4. The minimum Gasteiger partial charge on any atom is -0.352 e. The molecule has 1 aromatic carbocycles. The van der Waals surface area contributed by atoms with Crippen LogP contribution in [0.25, 0.3) is 0 Å². The molecule has 3 nitrogen and oxygen atoms in total. The van der Waals surface area contributed by atoms with Gasteiger partial charge in [0.2, 0.25) is 5.91 Å². The molecule has 0 heterocycles. The molecule has 2 bridgehead atoms. The van der Waals surface area contributed by atoms with Crippen LogP contribution in [0, 0.1) is 29.1 Å². The highest BCUT2D eigenvalue weighted by atomic mass is 16.1. The molecule has 5 atom stereocenters. The van der Waals surface area contributed by atoms with Gasteiger partial charge in [-0.2, -0.15) is 5.26 Å². The van der Waals surface area contributed by atoms with Gasteiger partial charge in [-0.05, 0) is 49.5 Å². The molecule has 110 valence electrons. The molecule has 2 aliphatic rings. The van der Waals surface area contributed by atoms with E-state index in [1.807, 2.05) is 30.3 Å². The Morgan fingerprint density at radius 1 is 1.29 bits per heavy atom. The van der Waals surface area contributed by atoms with Crippen molar-refractivity contribution >= 4 is 5.91 Å². The van der Waals surface area contributed by atoms with E-state index in [-0.39, 0.29) is 11.9 Å². The summed E-state index contributed by atoms with van der Waals surface area (Å²) < 4.78 is 0. The Morgan fingerprint density at radius 2 is 2.05 bits per heavy atom. The summed E-state index contributed by atoms with van der Waals surface area (Å²) in [4.78, 5) is 12.4. The maximum atomic E-state index is 12.4. The minimum absolute atomic E-state index is 0.154. The number of hydrogen-bond acceptors (Lipinski definition) is 2. The highest BCUT2D eigenvalue weighted by Crippen LogP contribution is 2.49. The predicted molar refractivity (Wildman–Crippen MR) is 81.3 cm³/mol. The van der Waals surface area contributed by atoms with Gasteiger partial charge in [0.25, 0.3) is 0 Å². The number of fused-ring (bicyclic) bond motifs is 2. The van der Waals surface area contributed by atoms with Crippen LogP contribution in [0.5, 0.6) is 0 Å². The van der Waals surface area contributed by atoms with Crippen LogP contribution >= 0.6 is 0 Å². The topological polar surface area (TPSA) is 52.9 Å². The average Bonchev–Trinajstić information content (AvgIpc) is 3.12. The zero-order valence-corrected chi connectivity index (χ0v) is 12.5. The summed E-state index contributed by atoms with van der Waals surface area (Å²) in [5.74, 6) is 1.40. The third-order valence-corrected chi connectivity index (χ3v) is 5.33. The molecule has 2 saturated carbocycles. The van der Waals surface area contributed by atoms with Crippen LogP contribution in [0.3, 0.4) is 0 Å². The number of carbonyl (C=O) groups excluding carboxylic acids is 1. The number of nitriles is 1. The lowest BCUT2D eigenvalue weighted by Crippen LogP contribution is -2.42. The molecule has 0 saturated heterocycles. The lowest BCUT2D eigenvalue weighted by molar-refractivity contribution is -0.122. The number of amides is 1. The second-order valence-corrected chi connectivity index (χ2v) is 6.61. The zero-order chi connectivity index (χ0) is 14.8.